The number of carbonyl (C=O) groups is 1. The van der Waals surface area contributed by atoms with Gasteiger partial charge < -0.3 is 4.74 Å². The standard InChI is InChI=1S/C18H30O2/c1-5-13(11(2)3)17(19)20-18(4)10-12-9-16(18)15-8-6-7-14(12)15/h11-16H,5-10H2,1-4H3. The van der Waals surface area contributed by atoms with Gasteiger partial charge in [-0.3, -0.25) is 4.79 Å². The number of fused-ring (bicyclic) bond motifs is 5. The van der Waals surface area contributed by atoms with Crippen molar-refractivity contribution in [2.75, 3.05) is 0 Å². The molecule has 2 bridgehead atoms. The van der Waals surface area contributed by atoms with E-state index in [2.05, 4.69) is 27.7 Å². The van der Waals surface area contributed by atoms with Crippen molar-refractivity contribution in [3.63, 3.8) is 0 Å². The van der Waals surface area contributed by atoms with Gasteiger partial charge in [0.1, 0.15) is 5.60 Å². The molecule has 3 rings (SSSR count). The summed E-state index contributed by atoms with van der Waals surface area (Å²) in [6.45, 7) is 8.58. The number of rotatable bonds is 4. The molecule has 0 radical (unpaired) electrons. The van der Waals surface area contributed by atoms with Gasteiger partial charge in [0.25, 0.3) is 0 Å². The molecule has 0 N–H and O–H groups in total. The van der Waals surface area contributed by atoms with Gasteiger partial charge in [-0.1, -0.05) is 27.2 Å². The number of esters is 1. The highest BCUT2D eigenvalue weighted by molar-refractivity contribution is 5.73. The monoisotopic (exact) mass is 278 g/mol. The van der Waals surface area contributed by atoms with Crippen LogP contribution in [0.2, 0.25) is 0 Å². The van der Waals surface area contributed by atoms with Crippen molar-refractivity contribution in [3.05, 3.63) is 0 Å². The van der Waals surface area contributed by atoms with Crippen LogP contribution in [0.15, 0.2) is 0 Å². The van der Waals surface area contributed by atoms with Gasteiger partial charge in [0, 0.05) is 5.92 Å². The molecule has 3 fully saturated rings. The maximum absolute atomic E-state index is 12.5. The first-order chi connectivity index (χ1) is 9.46. The fourth-order valence-electron chi connectivity index (χ4n) is 5.72. The third-order valence-corrected chi connectivity index (χ3v) is 6.64. The molecule has 3 aliphatic carbocycles. The van der Waals surface area contributed by atoms with E-state index in [0.29, 0.717) is 11.8 Å². The van der Waals surface area contributed by atoms with Crippen molar-refractivity contribution >= 4 is 5.97 Å². The molecule has 0 amide bonds. The average Bonchev–Trinajstić information content (AvgIpc) is 2.99. The van der Waals surface area contributed by atoms with Crippen LogP contribution in [-0.4, -0.2) is 11.6 Å². The molecule has 0 spiro atoms. The smallest absolute Gasteiger partial charge is 0.309 e. The summed E-state index contributed by atoms with van der Waals surface area (Å²) in [5, 5.41) is 0. The number of carbonyl (C=O) groups excluding carboxylic acids is 1. The Labute approximate surface area is 123 Å². The van der Waals surface area contributed by atoms with E-state index >= 15 is 0 Å². The molecule has 114 valence electrons. The molecular weight excluding hydrogens is 248 g/mol. The van der Waals surface area contributed by atoms with Crippen LogP contribution in [0.4, 0.5) is 0 Å². The lowest BCUT2D eigenvalue weighted by Gasteiger charge is -2.40. The molecule has 6 atom stereocenters. The summed E-state index contributed by atoms with van der Waals surface area (Å²) in [6, 6.07) is 0. The fraction of sp³-hybridized carbons (Fsp3) is 0.944. The summed E-state index contributed by atoms with van der Waals surface area (Å²) in [6.07, 6.45) is 7.54. The predicted octanol–water partition coefficient (Wildman–Crippen LogP) is 4.43. The van der Waals surface area contributed by atoms with Gasteiger partial charge in [-0.15, -0.1) is 0 Å². The molecule has 3 aliphatic rings. The van der Waals surface area contributed by atoms with E-state index in [9.17, 15) is 4.79 Å². The van der Waals surface area contributed by atoms with E-state index in [1.165, 1.54) is 25.7 Å². The molecule has 20 heavy (non-hydrogen) atoms. The lowest BCUT2D eigenvalue weighted by molar-refractivity contribution is -0.173. The van der Waals surface area contributed by atoms with Crippen LogP contribution in [0.25, 0.3) is 0 Å². The van der Waals surface area contributed by atoms with Crippen LogP contribution in [-0.2, 0) is 9.53 Å². The van der Waals surface area contributed by atoms with Gasteiger partial charge in [-0.25, -0.2) is 0 Å². The summed E-state index contributed by atoms with van der Waals surface area (Å²) < 4.78 is 6.12. The van der Waals surface area contributed by atoms with Gasteiger partial charge in [-0.2, -0.15) is 0 Å². The minimum absolute atomic E-state index is 0.0621. The van der Waals surface area contributed by atoms with Crippen molar-refractivity contribution in [2.24, 2.45) is 35.5 Å². The Morgan fingerprint density at radius 3 is 2.65 bits per heavy atom. The van der Waals surface area contributed by atoms with Gasteiger partial charge >= 0.3 is 5.97 Å². The summed E-state index contributed by atoms with van der Waals surface area (Å²) in [5.41, 5.74) is -0.157. The quantitative estimate of drug-likeness (QED) is 0.711. The van der Waals surface area contributed by atoms with Crippen molar-refractivity contribution in [3.8, 4) is 0 Å². The van der Waals surface area contributed by atoms with Crippen LogP contribution < -0.4 is 0 Å². The Bertz CT molecular complexity index is 389. The lowest BCUT2D eigenvalue weighted by atomic mass is 9.73. The zero-order valence-corrected chi connectivity index (χ0v) is 13.5. The number of ether oxygens (including phenoxy) is 1. The van der Waals surface area contributed by atoms with Gasteiger partial charge in [0.05, 0.1) is 5.92 Å². The maximum atomic E-state index is 12.5. The molecule has 0 aromatic rings. The first-order valence-electron chi connectivity index (χ1n) is 8.69. The highest BCUT2D eigenvalue weighted by atomic mass is 16.6. The van der Waals surface area contributed by atoms with Crippen molar-refractivity contribution in [1.29, 1.82) is 0 Å². The SMILES string of the molecule is CCC(C(=O)OC1(C)CC2CC1C1CCCC21)C(C)C. The second kappa shape index (κ2) is 5.03. The Morgan fingerprint density at radius 2 is 2.00 bits per heavy atom. The number of hydrogen-bond acceptors (Lipinski definition) is 2. The second-order valence-electron chi connectivity index (χ2n) is 8.06. The Balaban J connectivity index is 1.70. The first kappa shape index (κ1) is 14.4. The zero-order valence-electron chi connectivity index (χ0n) is 13.5. The topological polar surface area (TPSA) is 26.3 Å². The normalized spacial score (nSPS) is 43.9. The highest BCUT2D eigenvalue weighted by Gasteiger charge is 2.60. The summed E-state index contributed by atoms with van der Waals surface area (Å²) in [5.74, 6) is 3.81. The van der Waals surface area contributed by atoms with E-state index in [1.807, 2.05) is 0 Å². The molecule has 2 heteroatoms. The van der Waals surface area contributed by atoms with E-state index in [-0.39, 0.29) is 17.5 Å². The molecule has 0 aromatic heterocycles. The highest BCUT2D eigenvalue weighted by Crippen LogP contribution is 2.63. The first-order valence-corrected chi connectivity index (χ1v) is 8.69. The molecule has 0 saturated heterocycles. The Hall–Kier alpha value is -0.530. The molecule has 2 nitrogen and oxygen atoms in total. The summed E-state index contributed by atoms with van der Waals surface area (Å²) >= 11 is 0. The third-order valence-electron chi connectivity index (χ3n) is 6.64. The van der Waals surface area contributed by atoms with Crippen molar-refractivity contribution < 1.29 is 9.53 Å². The second-order valence-corrected chi connectivity index (χ2v) is 8.06. The Kier molecular flexibility index (Phi) is 3.63. The largest absolute Gasteiger partial charge is 0.459 e. The maximum Gasteiger partial charge on any atom is 0.309 e. The van der Waals surface area contributed by atoms with Crippen LogP contribution in [0.5, 0.6) is 0 Å². The molecule has 3 saturated carbocycles. The predicted molar refractivity (Wildman–Crippen MR) is 80.2 cm³/mol. The molecule has 0 aliphatic heterocycles. The van der Waals surface area contributed by atoms with Gasteiger partial charge in [-0.05, 0) is 62.7 Å². The Morgan fingerprint density at radius 1 is 1.30 bits per heavy atom. The molecular formula is C18H30O2. The van der Waals surface area contributed by atoms with Crippen molar-refractivity contribution in [2.45, 2.75) is 71.8 Å². The van der Waals surface area contributed by atoms with Crippen LogP contribution in [0, 0.1) is 35.5 Å². The fourth-order valence-corrected chi connectivity index (χ4v) is 5.72. The lowest BCUT2D eigenvalue weighted by Crippen LogP contribution is -2.44. The minimum Gasteiger partial charge on any atom is -0.459 e. The van der Waals surface area contributed by atoms with E-state index in [1.54, 1.807) is 0 Å². The van der Waals surface area contributed by atoms with Crippen LogP contribution >= 0.6 is 0 Å². The van der Waals surface area contributed by atoms with Crippen LogP contribution in [0.1, 0.15) is 66.2 Å². The van der Waals surface area contributed by atoms with Gasteiger partial charge in [0.15, 0.2) is 0 Å². The van der Waals surface area contributed by atoms with E-state index in [4.69, 9.17) is 4.74 Å². The zero-order chi connectivity index (χ0) is 14.5. The number of hydrogen-bond donors (Lipinski definition) is 0. The van der Waals surface area contributed by atoms with Gasteiger partial charge in [0.2, 0.25) is 0 Å². The molecule has 0 aromatic carbocycles. The minimum atomic E-state index is -0.157. The van der Waals surface area contributed by atoms with Crippen molar-refractivity contribution in [1.82, 2.24) is 0 Å². The molecule has 6 unspecified atom stereocenters. The average molecular weight is 278 g/mol. The van der Waals surface area contributed by atoms with Crippen LogP contribution in [0.3, 0.4) is 0 Å². The summed E-state index contributed by atoms with van der Waals surface area (Å²) in [4.78, 5) is 12.5. The van der Waals surface area contributed by atoms with E-state index in [0.717, 1.165) is 30.6 Å². The van der Waals surface area contributed by atoms with E-state index < -0.39 is 0 Å². The summed E-state index contributed by atoms with van der Waals surface area (Å²) in [7, 11) is 0. The molecule has 0 heterocycles. The third kappa shape index (κ3) is 2.10.